The lowest BCUT2D eigenvalue weighted by atomic mass is 10.2. The van der Waals surface area contributed by atoms with Gasteiger partial charge in [0.25, 0.3) is 0 Å². The van der Waals surface area contributed by atoms with Gasteiger partial charge in [-0.3, -0.25) is 4.89 Å². The van der Waals surface area contributed by atoms with Crippen molar-refractivity contribution < 1.29 is 14.6 Å². The molecule has 0 heterocycles. The van der Waals surface area contributed by atoms with Gasteiger partial charge in [-0.05, 0) is 25.5 Å². The molecule has 16 heavy (non-hydrogen) atoms. The number of benzene rings is 1. The first-order valence-electron chi connectivity index (χ1n) is 5.43. The molecule has 0 spiro atoms. The minimum atomic E-state index is -0.449. The lowest BCUT2D eigenvalue weighted by Gasteiger charge is -2.03. The molecule has 0 aromatic heterocycles. The third-order valence-electron chi connectivity index (χ3n) is 2.15. The molecule has 1 aromatic carbocycles. The third-order valence-corrected chi connectivity index (χ3v) is 2.15. The Hall–Kier alpha value is -1.35. The minimum Gasteiger partial charge on any atom is -0.293 e. The summed E-state index contributed by atoms with van der Waals surface area (Å²) in [7, 11) is 0. The van der Waals surface area contributed by atoms with Crippen molar-refractivity contribution >= 4 is 5.97 Å². The second kappa shape index (κ2) is 7.01. The quantitative estimate of drug-likeness (QED) is 0.420. The number of hydrogen-bond donors (Lipinski definition) is 0. The Morgan fingerprint density at radius 1 is 1.25 bits per heavy atom. The first-order chi connectivity index (χ1) is 7.74. The van der Waals surface area contributed by atoms with E-state index >= 15 is 0 Å². The van der Waals surface area contributed by atoms with E-state index < -0.39 is 5.97 Å². The molecule has 0 aliphatic rings. The topological polar surface area (TPSA) is 35.5 Å². The Morgan fingerprint density at radius 3 is 2.56 bits per heavy atom. The molecule has 0 amide bonds. The zero-order valence-corrected chi connectivity index (χ0v) is 9.57. The van der Waals surface area contributed by atoms with Gasteiger partial charge in [0.2, 0.25) is 0 Å². The fourth-order valence-corrected chi connectivity index (χ4v) is 1.17. The summed E-state index contributed by atoms with van der Waals surface area (Å²) in [5.41, 5.74) is 1.61. The molecule has 3 heteroatoms. The maximum Gasteiger partial charge on any atom is 0.373 e. The van der Waals surface area contributed by atoms with Crippen LogP contribution in [0.15, 0.2) is 24.3 Å². The number of carbonyl (C=O) groups excluding carboxylic acids is 1. The highest BCUT2D eigenvalue weighted by atomic mass is 17.2. The average Bonchev–Trinajstić information content (AvgIpc) is 2.29. The number of aryl methyl sites for hydroxylation is 1. The monoisotopic (exact) mass is 221 g/mol. The Balaban J connectivity index is 2.27. The number of rotatable bonds is 6. The Kier molecular flexibility index (Phi) is 5.57. The van der Waals surface area contributed by atoms with Gasteiger partial charge < -0.3 is 0 Å². The maximum atomic E-state index is 11.4. The average molecular weight is 221 g/mol. The van der Waals surface area contributed by atoms with Crippen molar-refractivity contribution in [3.8, 4) is 0 Å². The van der Waals surface area contributed by atoms with Crippen LogP contribution >= 0.6 is 0 Å². The molecule has 3 nitrogen and oxygen atoms in total. The summed E-state index contributed by atoms with van der Waals surface area (Å²) >= 11 is 0. The van der Waals surface area contributed by atoms with Crippen LogP contribution in [0.5, 0.6) is 0 Å². The van der Waals surface area contributed by atoms with Crippen LogP contribution in [0.4, 0.5) is 0 Å². The molecule has 1 aromatic rings. The molecule has 0 unspecified atom stereocenters. The van der Waals surface area contributed by atoms with Crippen LogP contribution in [-0.2, 0) is 9.78 Å². The summed E-state index contributed by atoms with van der Waals surface area (Å²) in [6.45, 7) is 6.10. The predicted octanol–water partition coefficient (Wildman–Crippen LogP) is 3.09. The van der Waals surface area contributed by atoms with E-state index in [4.69, 9.17) is 4.89 Å². The van der Waals surface area contributed by atoms with Crippen LogP contribution < -0.4 is 0 Å². The van der Waals surface area contributed by atoms with Gasteiger partial charge in [0.1, 0.15) is 0 Å². The Bertz CT molecular complexity index is 316. The van der Waals surface area contributed by atoms with Gasteiger partial charge in [0.05, 0.1) is 12.2 Å². The normalized spacial score (nSPS) is 10.1. The molecule has 0 bridgehead atoms. The summed E-state index contributed by atoms with van der Waals surface area (Å²) in [5.74, 6) is -0.449. The lowest BCUT2D eigenvalue weighted by molar-refractivity contribution is -0.241. The van der Waals surface area contributed by atoms with Crippen molar-refractivity contribution in [2.24, 2.45) is 0 Å². The molecule has 0 N–H and O–H groups in total. The first kappa shape index (κ1) is 12.7. The van der Waals surface area contributed by atoms with Gasteiger partial charge in [-0.25, -0.2) is 4.79 Å². The summed E-state index contributed by atoms with van der Waals surface area (Å²) < 4.78 is 0. The van der Waals surface area contributed by atoms with Gasteiger partial charge in [-0.2, -0.15) is 4.89 Å². The molecule has 1 rings (SSSR count). The van der Waals surface area contributed by atoms with Crippen molar-refractivity contribution in [2.75, 3.05) is 6.61 Å². The predicted molar refractivity (Wildman–Crippen MR) is 61.8 cm³/mol. The van der Waals surface area contributed by atoms with Crippen LogP contribution in [0, 0.1) is 13.8 Å². The standard InChI is InChI=1S/C13H17O3/c1-3-4-5-10-15-16-13(14)12-8-6-11(2)7-9-12/h6-9H,1,3-5,10H2,2H3. The molecule has 0 saturated heterocycles. The second-order valence-electron chi connectivity index (χ2n) is 3.62. The van der Waals surface area contributed by atoms with Crippen molar-refractivity contribution in [3.63, 3.8) is 0 Å². The highest BCUT2D eigenvalue weighted by Crippen LogP contribution is 2.05. The van der Waals surface area contributed by atoms with E-state index in [0.29, 0.717) is 12.2 Å². The lowest BCUT2D eigenvalue weighted by Crippen LogP contribution is -2.06. The third kappa shape index (κ3) is 4.45. The fraction of sp³-hybridized carbons (Fsp3) is 0.385. The molecule has 0 atom stereocenters. The summed E-state index contributed by atoms with van der Waals surface area (Å²) in [4.78, 5) is 20.9. The van der Waals surface area contributed by atoms with Gasteiger partial charge >= 0.3 is 5.97 Å². The van der Waals surface area contributed by atoms with Gasteiger partial charge in [0.15, 0.2) is 0 Å². The Morgan fingerprint density at radius 2 is 1.94 bits per heavy atom. The molecule has 0 aliphatic carbocycles. The van der Waals surface area contributed by atoms with Crippen molar-refractivity contribution in [1.29, 1.82) is 0 Å². The molecular weight excluding hydrogens is 204 g/mol. The van der Waals surface area contributed by atoms with E-state index in [1.807, 2.05) is 19.1 Å². The van der Waals surface area contributed by atoms with Gasteiger partial charge in [-0.1, -0.05) is 37.5 Å². The van der Waals surface area contributed by atoms with E-state index in [2.05, 4.69) is 11.8 Å². The van der Waals surface area contributed by atoms with Crippen LogP contribution in [0.2, 0.25) is 0 Å². The van der Waals surface area contributed by atoms with E-state index in [1.54, 1.807) is 12.1 Å². The number of carbonyl (C=O) groups is 1. The van der Waals surface area contributed by atoms with Crippen LogP contribution in [0.1, 0.15) is 35.2 Å². The van der Waals surface area contributed by atoms with Gasteiger partial charge in [-0.15, -0.1) is 0 Å². The minimum absolute atomic E-state index is 0.424. The smallest absolute Gasteiger partial charge is 0.293 e. The van der Waals surface area contributed by atoms with Crippen LogP contribution in [0.25, 0.3) is 0 Å². The molecule has 0 fully saturated rings. The highest BCUT2D eigenvalue weighted by Gasteiger charge is 2.07. The van der Waals surface area contributed by atoms with Crippen LogP contribution in [-0.4, -0.2) is 12.6 Å². The molecule has 1 radical (unpaired) electrons. The zero-order chi connectivity index (χ0) is 11.8. The Labute approximate surface area is 96.3 Å². The highest BCUT2D eigenvalue weighted by molar-refractivity contribution is 5.88. The fourth-order valence-electron chi connectivity index (χ4n) is 1.17. The van der Waals surface area contributed by atoms with Gasteiger partial charge in [0, 0.05) is 0 Å². The second-order valence-corrected chi connectivity index (χ2v) is 3.62. The molecule has 0 aliphatic heterocycles. The van der Waals surface area contributed by atoms with E-state index in [0.717, 1.165) is 24.8 Å². The summed E-state index contributed by atoms with van der Waals surface area (Å²) in [6, 6.07) is 7.16. The molecular formula is C13H17O3. The first-order valence-corrected chi connectivity index (χ1v) is 5.43. The van der Waals surface area contributed by atoms with Crippen LogP contribution in [0.3, 0.4) is 0 Å². The zero-order valence-electron chi connectivity index (χ0n) is 9.57. The summed E-state index contributed by atoms with van der Waals surface area (Å²) in [5, 5.41) is 0. The largest absolute Gasteiger partial charge is 0.373 e. The maximum absolute atomic E-state index is 11.4. The van der Waals surface area contributed by atoms with Crippen molar-refractivity contribution in [3.05, 3.63) is 42.3 Å². The number of hydrogen-bond acceptors (Lipinski definition) is 3. The van der Waals surface area contributed by atoms with Crippen molar-refractivity contribution in [1.82, 2.24) is 0 Å². The molecule has 87 valence electrons. The molecule has 0 saturated carbocycles. The van der Waals surface area contributed by atoms with Crippen molar-refractivity contribution in [2.45, 2.75) is 26.2 Å². The summed E-state index contributed by atoms with van der Waals surface area (Å²) in [6.07, 6.45) is 2.70. The van der Waals surface area contributed by atoms with E-state index in [-0.39, 0.29) is 0 Å². The SMILES string of the molecule is [CH2]CCCCOOC(=O)c1ccc(C)cc1. The number of unbranched alkanes of at least 4 members (excludes halogenated alkanes) is 2. The van der Waals surface area contributed by atoms with E-state index in [1.165, 1.54) is 0 Å². The van der Waals surface area contributed by atoms with E-state index in [9.17, 15) is 4.79 Å².